The highest BCUT2D eigenvalue weighted by Crippen LogP contribution is 2.22. The molecule has 0 atom stereocenters. The smallest absolute Gasteiger partial charge is 0.338 e. The largest absolute Gasteiger partial charge is 0.462 e. The molecular weight excluding hydrogens is 402 g/mol. The Labute approximate surface area is 175 Å². The minimum Gasteiger partial charge on any atom is -0.462 e. The van der Waals surface area contributed by atoms with Crippen molar-refractivity contribution in [2.75, 3.05) is 6.61 Å². The summed E-state index contributed by atoms with van der Waals surface area (Å²) >= 11 is 0. The number of aryl methyl sites for hydroxylation is 1. The van der Waals surface area contributed by atoms with Gasteiger partial charge in [0, 0.05) is 28.9 Å². The number of hydrogen-bond acceptors (Lipinski definition) is 5. The number of nitrogens with two attached hydrogens (primary N) is 1. The number of rotatable bonds is 6. The number of carbonyl (C=O) groups is 1. The van der Waals surface area contributed by atoms with Gasteiger partial charge in [0.1, 0.15) is 0 Å². The van der Waals surface area contributed by atoms with Crippen molar-refractivity contribution in [3.8, 4) is 5.69 Å². The molecule has 0 unspecified atom stereocenters. The van der Waals surface area contributed by atoms with Gasteiger partial charge in [0.2, 0.25) is 10.0 Å². The Morgan fingerprint density at radius 3 is 2.30 bits per heavy atom. The molecule has 8 heteroatoms. The quantitative estimate of drug-likeness (QED) is 0.481. The summed E-state index contributed by atoms with van der Waals surface area (Å²) in [5.74, 6) is -0.356. The van der Waals surface area contributed by atoms with Gasteiger partial charge in [0.15, 0.2) is 0 Å². The average molecular weight is 426 g/mol. The molecule has 1 heterocycles. The first-order chi connectivity index (χ1) is 14.2. The third-order valence-electron chi connectivity index (χ3n) is 4.62. The molecule has 0 fully saturated rings. The molecule has 0 amide bonds. The molecule has 2 N–H and O–H groups in total. The van der Waals surface area contributed by atoms with Crippen molar-refractivity contribution in [1.29, 1.82) is 0 Å². The van der Waals surface area contributed by atoms with Gasteiger partial charge in [0.05, 0.1) is 22.8 Å². The van der Waals surface area contributed by atoms with E-state index in [2.05, 4.69) is 4.99 Å². The molecule has 7 nitrogen and oxygen atoms in total. The highest BCUT2D eigenvalue weighted by molar-refractivity contribution is 7.89. The normalized spacial score (nSPS) is 11.7. The number of aromatic nitrogens is 1. The van der Waals surface area contributed by atoms with Crippen LogP contribution < -0.4 is 5.14 Å². The average Bonchev–Trinajstić information content (AvgIpc) is 2.99. The van der Waals surface area contributed by atoms with E-state index < -0.39 is 10.0 Å². The summed E-state index contributed by atoms with van der Waals surface area (Å²) in [5, 5.41) is 5.17. The van der Waals surface area contributed by atoms with Crippen LogP contribution in [0.5, 0.6) is 0 Å². The molecule has 0 radical (unpaired) electrons. The number of esters is 1. The maximum atomic E-state index is 11.7. The SMILES string of the molecule is CCOC(=O)c1ccc(N=Cc2cc(C)n(-c3ccc(S(N)(=O)=O)cc3)c2C)cc1. The van der Waals surface area contributed by atoms with Gasteiger partial charge in [-0.25, -0.2) is 18.4 Å². The summed E-state index contributed by atoms with van der Waals surface area (Å²) < 4.78 is 29.9. The maximum Gasteiger partial charge on any atom is 0.338 e. The number of hydrogen-bond donors (Lipinski definition) is 1. The molecule has 3 aromatic rings. The molecule has 0 spiro atoms. The highest BCUT2D eigenvalue weighted by atomic mass is 32.2. The van der Waals surface area contributed by atoms with Crippen molar-refractivity contribution >= 4 is 27.9 Å². The first-order valence-electron chi connectivity index (χ1n) is 9.34. The zero-order chi connectivity index (χ0) is 21.9. The van der Waals surface area contributed by atoms with Crippen LogP contribution >= 0.6 is 0 Å². The van der Waals surface area contributed by atoms with Crippen LogP contribution in [-0.2, 0) is 14.8 Å². The minimum absolute atomic E-state index is 0.0711. The van der Waals surface area contributed by atoms with E-state index in [1.165, 1.54) is 12.1 Å². The summed E-state index contributed by atoms with van der Waals surface area (Å²) in [4.78, 5) is 16.3. The van der Waals surface area contributed by atoms with Crippen molar-refractivity contribution < 1.29 is 17.9 Å². The van der Waals surface area contributed by atoms with E-state index in [4.69, 9.17) is 9.88 Å². The zero-order valence-corrected chi connectivity index (χ0v) is 17.8. The predicted molar refractivity (Wildman–Crippen MR) is 116 cm³/mol. The maximum absolute atomic E-state index is 11.7. The molecule has 0 aliphatic carbocycles. The lowest BCUT2D eigenvalue weighted by Gasteiger charge is -2.10. The second-order valence-corrected chi connectivity index (χ2v) is 8.29. The summed E-state index contributed by atoms with van der Waals surface area (Å²) in [7, 11) is -3.73. The molecule has 1 aromatic heterocycles. The number of sulfonamides is 1. The van der Waals surface area contributed by atoms with Crippen LogP contribution in [0.3, 0.4) is 0 Å². The first kappa shape index (κ1) is 21.5. The van der Waals surface area contributed by atoms with Gasteiger partial charge in [-0.15, -0.1) is 0 Å². The fraction of sp³-hybridized carbons (Fsp3) is 0.182. The third kappa shape index (κ3) is 4.67. The zero-order valence-electron chi connectivity index (χ0n) is 17.0. The van der Waals surface area contributed by atoms with Gasteiger partial charge < -0.3 is 9.30 Å². The van der Waals surface area contributed by atoms with Crippen molar-refractivity contribution in [2.24, 2.45) is 10.1 Å². The Morgan fingerprint density at radius 2 is 1.73 bits per heavy atom. The molecule has 0 aliphatic heterocycles. The summed E-state index contributed by atoms with van der Waals surface area (Å²) in [6, 6.07) is 15.3. The van der Waals surface area contributed by atoms with Crippen molar-refractivity contribution in [3.05, 3.63) is 77.1 Å². The highest BCUT2D eigenvalue weighted by Gasteiger charge is 2.12. The summed E-state index contributed by atoms with van der Waals surface area (Å²) in [6.45, 7) is 6.03. The molecule has 156 valence electrons. The topological polar surface area (TPSA) is 104 Å². The number of nitrogens with zero attached hydrogens (tertiary/aromatic N) is 2. The summed E-state index contributed by atoms with van der Waals surface area (Å²) in [5.41, 5.74) is 4.90. The molecular formula is C22H23N3O4S. The van der Waals surface area contributed by atoms with E-state index in [0.29, 0.717) is 17.9 Å². The molecule has 2 aromatic carbocycles. The van der Waals surface area contributed by atoms with E-state index in [-0.39, 0.29) is 10.9 Å². The minimum atomic E-state index is -3.73. The Bertz CT molecular complexity index is 1190. The Morgan fingerprint density at radius 1 is 1.10 bits per heavy atom. The molecule has 0 bridgehead atoms. The van der Waals surface area contributed by atoms with Gasteiger partial charge in [-0.2, -0.15) is 0 Å². The third-order valence-corrected chi connectivity index (χ3v) is 5.55. The van der Waals surface area contributed by atoms with Crippen LogP contribution in [0.2, 0.25) is 0 Å². The van der Waals surface area contributed by atoms with Crippen LogP contribution in [0.15, 0.2) is 64.5 Å². The predicted octanol–water partition coefficient (Wildman–Crippen LogP) is 3.67. The second-order valence-electron chi connectivity index (χ2n) is 6.73. The van der Waals surface area contributed by atoms with Crippen LogP contribution in [0.4, 0.5) is 5.69 Å². The summed E-state index contributed by atoms with van der Waals surface area (Å²) in [6.07, 6.45) is 1.76. The van der Waals surface area contributed by atoms with Crippen molar-refractivity contribution in [2.45, 2.75) is 25.7 Å². The number of ether oxygens (including phenoxy) is 1. The Hall–Kier alpha value is -3.23. The first-order valence-corrected chi connectivity index (χ1v) is 10.9. The van der Waals surface area contributed by atoms with Crippen molar-refractivity contribution in [3.63, 3.8) is 0 Å². The molecule has 0 saturated heterocycles. The van der Waals surface area contributed by atoms with E-state index in [0.717, 1.165) is 22.6 Å². The fourth-order valence-electron chi connectivity index (χ4n) is 3.14. The number of carbonyl (C=O) groups excluding carboxylic acids is 1. The van der Waals surface area contributed by atoms with E-state index in [1.807, 2.05) is 24.5 Å². The Kier molecular flexibility index (Phi) is 6.19. The molecule has 0 saturated carbocycles. The lowest BCUT2D eigenvalue weighted by Crippen LogP contribution is -2.12. The van der Waals surface area contributed by atoms with Gasteiger partial charge in [0.25, 0.3) is 0 Å². The standard InChI is InChI=1S/C22H23N3O4S/c1-4-29-22(26)17-5-7-19(8-6-17)24-14-18-13-15(2)25(16(18)3)20-9-11-21(12-10-20)30(23,27)28/h5-14H,4H2,1-3H3,(H2,23,27,28). The second kappa shape index (κ2) is 8.64. The van der Waals surface area contributed by atoms with E-state index >= 15 is 0 Å². The number of aliphatic imine (C=N–C) groups is 1. The van der Waals surface area contributed by atoms with Gasteiger partial charge in [-0.05, 0) is 75.4 Å². The van der Waals surface area contributed by atoms with E-state index in [1.54, 1.807) is 49.5 Å². The molecule has 0 aliphatic rings. The number of primary sulfonamides is 1. The lowest BCUT2D eigenvalue weighted by atomic mass is 10.2. The molecule has 3 rings (SSSR count). The monoisotopic (exact) mass is 425 g/mol. The van der Waals surface area contributed by atoms with Gasteiger partial charge in [-0.3, -0.25) is 4.99 Å². The number of benzene rings is 2. The van der Waals surface area contributed by atoms with Crippen LogP contribution in [0.25, 0.3) is 5.69 Å². The van der Waals surface area contributed by atoms with Gasteiger partial charge in [-0.1, -0.05) is 0 Å². The Balaban J connectivity index is 1.84. The lowest BCUT2D eigenvalue weighted by molar-refractivity contribution is 0.0526. The molecule has 30 heavy (non-hydrogen) atoms. The van der Waals surface area contributed by atoms with Crippen LogP contribution in [0.1, 0.15) is 34.2 Å². The van der Waals surface area contributed by atoms with Gasteiger partial charge >= 0.3 is 5.97 Å². The van der Waals surface area contributed by atoms with Crippen LogP contribution in [-0.4, -0.2) is 31.8 Å². The van der Waals surface area contributed by atoms with Crippen LogP contribution in [0, 0.1) is 13.8 Å². The van der Waals surface area contributed by atoms with E-state index in [9.17, 15) is 13.2 Å². The van der Waals surface area contributed by atoms with Crippen molar-refractivity contribution in [1.82, 2.24) is 4.57 Å². The fourth-order valence-corrected chi connectivity index (χ4v) is 3.66.